The number of carbonyl (C=O) groups is 2. The van der Waals surface area contributed by atoms with Gasteiger partial charge in [0.25, 0.3) is 5.91 Å². The molecule has 2 unspecified atom stereocenters. The van der Waals surface area contributed by atoms with Crippen LogP contribution in [0.4, 0.5) is 5.69 Å². The Morgan fingerprint density at radius 2 is 2.08 bits per heavy atom. The second-order valence-corrected chi connectivity index (χ2v) is 6.80. The molecule has 0 radical (unpaired) electrons. The van der Waals surface area contributed by atoms with Crippen molar-refractivity contribution in [2.75, 3.05) is 18.0 Å². The lowest BCUT2D eigenvalue weighted by atomic mass is 10.0. The van der Waals surface area contributed by atoms with E-state index in [2.05, 4.69) is 16.7 Å². The molecule has 0 bridgehead atoms. The van der Waals surface area contributed by atoms with Crippen molar-refractivity contribution in [1.29, 1.82) is 0 Å². The lowest BCUT2D eigenvalue weighted by Crippen LogP contribution is -2.55. The van der Waals surface area contributed by atoms with Gasteiger partial charge in [0.2, 0.25) is 5.91 Å². The summed E-state index contributed by atoms with van der Waals surface area (Å²) in [5.74, 6) is 0.217. The minimum absolute atomic E-state index is 0.0172. The molecule has 2 N–H and O–H groups in total. The summed E-state index contributed by atoms with van der Waals surface area (Å²) in [7, 11) is 0. The molecule has 2 heterocycles. The summed E-state index contributed by atoms with van der Waals surface area (Å²) in [4.78, 5) is 26.4. The van der Waals surface area contributed by atoms with Crippen molar-refractivity contribution in [3.63, 3.8) is 0 Å². The molecule has 1 aromatic carbocycles. The molecule has 5 nitrogen and oxygen atoms in total. The molecule has 128 valence electrons. The number of anilines is 1. The van der Waals surface area contributed by atoms with Crippen LogP contribution in [0.5, 0.6) is 0 Å². The van der Waals surface area contributed by atoms with E-state index < -0.39 is 0 Å². The van der Waals surface area contributed by atoms with E-state index in [-0.39, 0.29) is 29.8 Å². The van der Waals surface area contributed by atoms with Gasteiger partial charge in [-0.1, -0.05) is 38.1 Å². The molecule has 2 aliphatic rings. The van der Waals surface area contributed by atoms with Crippen molar-refractivity contribution in [3.8, 4) is 0 Å². The fourth-order valence-electron chi connectivity index (χ4n) is 3.06. The van der Waals surface area contributed by atoms with Gasteiger partial charge in [-0.3, -0.25) is 9.59 Å². The first-order valence-electron chi connectivity index (χ1n) is 8.67. The number of carbonyl (C=O) groups excluding carboxylic acids is 2. The van der Waals surface area contributed by atoms with Crippen molar-refractivity contribution >= 4 is 17.5 Å². The molecule has 2 aliphatic heterocycles. The van der Waals surface area contributed by atoms with Crippen molar-refractivity contribution in [3.05, 3.63) is 42.0 Å². The standard InChI is InChI=1S/C19H25N3O2/c1-13(2)15(21-19(24)16-9-11-20-16)7-8-18(23)22-12-10-14-5-3-4-6-17(14)22/h3-8,13,15-16,20H,9-12H2,1-2H3,(H,21,24). The van der Waals surface area contributed by atoms with Gasteiger partial charge in [-0.2, -0.15) is 0 Å². The highest BCUT2D eigenvalue weighted by Gasteiger charge is 2.27. The number of nitrogens with one attached hydrogen (secondary N) is 2. The van der Waals surface area contributed by atoms with Crippen LogP contribution in [0.3, 0.4) is 0 Å². The Kier molecular flexibility index (Phi) is 5.00. The number of benzene rings is 1. The quantitative estimate of drug-likeness (QED) is 0.808. The van der Waals surface area contributed by atoms with Crippen LogP contribution in [-0.4, -0.2) is 37.0 Å². The van der Waals surface area contributed by atoms with Crippen LogP contribution in [0, 0.1) is 5.92 Å². The van der Waals surface area contributed by atoms with Gasteiger partial charge in [0.15, 0.2) is 0 Å². The van der Waals surface area contributed by atoms with Crippen molar-refractivity contribution in [1.82, 2.24) is 10.6 Å². The largest absolute Gasteiger partial charge is 0.348 e. The van der Waals surface area contributed by atoms with E-state index in [1.807, 2.05) is 38.1 Å². The summed E-state index contributed by atoms with van der Waals surface area (Å²) < 4.78 is 0. The fourth-order valence-corrected chi connectivity index (χ4v) is 3.06. The highest BCUT2D eigenvalue weighted by atomic mass is 16.2. The fraction of sp³-hybridized carbons (Fsp3) is 0.474. The number of amides is 2. The first kappa shape index (κ1) is 16.7. The smallest absolute Gasteiger partial charge is 0.250 e. The summed E-state index contributed by atoms with van der Waals surface area (Å²) in [5.41, 5.74) is 2.21. The average Bonchev–Trinajstić information content (AvgIpc) is 2.93. The molecule has 0 spiro atoms. The van der Waals surface area contributed by atoms with E-state index in [9.17, 15) is 9.59 Å². The van der Waals surface area contributed by atoms with E-state index >= 15 is 0 Å². The highest BCUT2D eigenvalue weighted by Crippen LogP contribution is 2.27. The maximum Gasteiger partial charge on any atom is 0.250 e. The van der Waals surface area contributed by atoms with Gasteiger partial charge in [0.1, 0.15) is 0 Å². The number of fused-ring (bicyclic) bond motifs is 1. The van der Waals surface area contributed by atoms with Crippen LogP contribution in [0.2, 0.25) is 0 Å². The zero-order valence-corrected chi connectivity index (χ0v) is 14.3. The highest BCUT2D eigenvalue weighted by molar-refractivity contribution is 6.03. The topological polar surface area (TPSA) is 61.4 Å². The van der Waals surface area contributed by atoms with Crippen LogP contribution in [0.1, 0.15) is 25.8 Å². The molecule has 1 saturated heterocycles. The summed E-state index contributed by atoms with van der Waals surface area (Å²) >= 11 is 0. The molecular formula is C19H25N3O2. The summed E-state index contributed by atoms with van der Waals surface area (Å²) in [6.45, 7) is 5.69. The Bertz CT molecular complexity index is 650. The maximum absolute atomic E-state index is 12.5. The normalized spacial score (nSPS) is 20.8. The van der Waals surface area contributed by atoms with Gasteiger partial charge in [0.05, 0.1) is 6.04 Å². The van der Waals surface area contributed by atoms with Gasteiger partial charge < -0.3 is 15.5 Å². The lowest BCUT2D eigenvalue weighted by molar-refractivity contribution is -0.125. The second kappa shape index (κ2) is 7.18. The second-order valence-electron chi connectivity index (χ2n) is 6.80. The van der Waals surface area contributed by atoms with Crippen LogP contribution >= 0.6 is 0 Å². The summed E-state index contributed by atoms with van der Waals surface area (Å²) in [6.07, 6.45) is 5.20. The predicted octanol–water partition coefficient (Wildman–Crippen LogP) is 1.63. The van der Waals surface area contributed by atoms with Crippen molar-refractivity contribution in [2.24, 2.45) is 5.92 Å². The Labute approximate surface area is 143 Å². The van der Waals surface area contributed by atoms with Crippen LogP contribution in [0.25, 0.3) is 0 Å². The zero-order valence-electron chi connectivity index (χ0n) is 14.3. The number of hydrogen-bond acceptors (Lipinski definition) is 3. The summed E-state index contributed by atoms with van der Waals surface area (Å²) in [5, 5.41) is 6.12. The van der Waals surface area contributed by atoms with Crippen LogP contribution in [-0.2, 0) is 16.0 Å². The molecule has 24 heavy (non-hydrogen) atoms. The molecule has 2 amide bonds. The third kappa shape index (κ3) is 3.51. The molecule has 1 fully saturated rings. The lowest BCUT2D eigenvalue weighted by Gasteiger charge is -2.29. The Hall–Kier alpha value is -2.14. The number of nitrogens with zero attached hydrogens (tertiary/aromatic N) is 1. The van der Waals surface area contributed by atoms with Crippen LogP contribution in [0.15, 0.2) is 36.4 Å². The minimum Gasteiger partial charge on any atom is -0.348 e. The van der Waals surface area contributed by atoms with Crippen molar-refractivity contribution in [2.45, 2.75) is 38.8 Å². The van der Waals surface area contributed by atoms with E-state index in [1.165, 1.54) is 5.56 Å². The monoisotopic (exact) mass is 327 g/mol. The van der Waals surface area contributed by atoms with E-state index in [0.29, 0.717) is 6.54 Å². The molecule has 0 aromatic heterocycles. The van der Waals surface area contributed by atoms with E-state index in [1.54, 1.807) is 11.0 Å². The molecule has 1 aromatic rings. The molecule has 2 atom stereocenters. The van der Waals surface area contributed by atoms with Crippen molar-refractivity contribution < 1.29 is 9.59 Å². The van der Waals surface area contributed by atoms with Gasteiger partial charge in [-0.05, 0) is 36.9 Å². The third-order valence-corrected chi connectivity index (χ3v) is 4.77. The number of para-hydroxylation sites is 1. The van der Waals surface area contributed by atoms with E-state index in [0.717, 1.165) is 25.1 Å². The van der Waals surface area contributed by atoms with E-state index in [4.69, 9.17) is 0 Å². The molecule has 0 saturated carbocycles. The molecular weight excluding hydrogens is 302 g/mol. The SMILES string of the molecule is CC(C)C(C=CC(=O)N1CCc2ccccc21)NC(=O)C1CCN1. The van der Waals surface area contributed by atoms with Gasteiger partial charge in [-0.25, -0.2) is 0 Å². The average molecular weight is 327 g/mol. The predicted molar refractivity (Wildman–Crippen MR) is 94.8 cm³/mol. The van der Waals surface area contributed by atoms with Gasteiger partial charge in [0, 0.05) is 24.4 Å². The molecule has 3 rings (SSSR count). The molecule has 5 heteroatoms. The third-order valence-electron chi connectivity index (χ3n) is 4.77. The maximum atomic E-state index is 12.5. The first-order chi connectivity index (χ1) is 11.6. The number of hydrogen-bond donors (Lipinski definition) is 2. The summed E-state index contributed by atoms with van der Waals surface area (Å²) in [6, 6.07) is 7.79. The molecule has 0 aliphatic carbocycles. The minimum atomic E-state index is -0.137. The Morgan fingerprint density at radius 3 is 2.75 bits per heavy atom. The Morgan fingerprint density at radius 1 is 1.33 bits per heavy atom. The van der Waals surface area contributed by atoms with Crippen LogP contribution < -0.4 is 15.5 Å². The van der Waals surface area contributed by atoms with Gasteiger partial charge in [-0.15, -0.1) is 0 Å². The van der Waals surface area contributed by atoms with Gasteiger partial charge >= 0.3 is 0 Å². The Balaban J connectivity index is 1.64. The zero-order chi connectivity index (χ0) is 17.1. The first-order valence-corrected chi connectivity index (χ1v) is 8.67. The number of rotatable bonds is 5.